The fourth-order valence-corrected chi connectivity index (χ4v) is 3.25. The highest BCUT2D eigenvalue weighted by Crippen LogP contribution is 2.28. The minimum atomic E-state index is 0.302. The van der Waals surface area contributed by atoms with Crippen molar-refractivity contribution in [3.8, 4) is 0 Å². The number of nitrogens with zero attached hydrogens (tertiary/aromatic N) is 1. The Balaban J connectivity index is 2.12. The van der Waals surface area contributed by atoms with Gasteiger partial charge in [-0.05, 0) is 55.5 Å². The zero-order valence-corrected chi connectivity index (χ0v) is 13.8. The molecule has 0 amide bonds. The van der Waals surface area contributed by atoms with Crippen molar-refractivity contribution < 1.29 is 5.11 Å². The standard InChI is InChI=1S/C16H25BrN2O/c1-2-7-18-10-14-9-15(17)5-6-16(14)19-8-3-4-13(11-19)12-20/h5-6,9,13,18,20H,2-4,7-8,10-12H2,1H3. The van der Waals surface area contributed by atoms with E-state index in [0.29, 0.717) is 12.5 Å². The molecule has 20 heavy (non-hydrogen) atoms. The maximum absolute atomic E-state index is 9.40. The summed E-state index contributed by atoms with van der Waals surface area (Å²) in [6.07, 6.45) is 3.47. The molecule has 0 bridgehead atoms. The maximum atomic E-state index is 9.40. The van der Waals surface area contributed by atoms with Crippen LogP contribution in [0.15, 0.2) is 22.7 Å². The third-order valence-corrected chi connectivity index (χ3v) is 4.39. The third kappa shape index (κ3) is 4.21. The Bertz CT molecular complexity index is 425. The van der Waals surface area contributed by atoms with Crippen LogP contribution in [0.25, 0.3) is 0 Å². The second kappa shape index (κ2) is 8.01. The lowest BCUT2D eigenvalue weighted by Crippen LogP contribution is -2.37. The summed E-state index contributed by atoms with van der Waals surface area (Å²) in [7, 11) is 0. The molecule has 0 saturated carbocycles. The average Bonchev–Trinajstić information content (AvgIpc) is 2.48. The van der Waals surface area contributed by atoms with E-state index < -0.39 is 0 Å². The number of piperidine rings is 1. The summed E-state index contributed by atoms with van der Waals surface area (Å²) in [6.45, 7) is 6.51. The highest BCUT2D eigenvalue weighted by Gasteiger charge is 2.21. The van der Waals surface area contributed by atoms with Crippen LogP contribution in [0, 0.1) is 5.92 Å². The van der Waals surface area contributed by atoms with Crippen molar-refractivity contribution >= 4 is 21.6 Å². The zero-order chi connectivity index (χ0) is 14.4. The van der Waals surface area contributed by atoms with Gasteiger partial charge in [-0.15, -0.1) is 0 Å². The number of aliphatic hydroxyl groups is 1. The highest BCUT2D eigenvalue weighted by atomic mass is 79.9. The van der Waals surface area contributed by atoms with Crippen molar-refractivity contribution in [1.82, 2.24) is 5.32 Å². The summed E-state index contributed by atoms with van der Waals surface area (Å²) in [4.78, 5) is 2.43. The summed E-state index contributed by atoms with van der Waals surface area (Å²) in [6, 6.07) is 6.52. The summed E-state index contributed by atoms with van der Waals surface area (Å²) in [5, 5.41) is 12.9. The number of anilines is 1. The van der Waals surface area contributed by atoms with Gasteiger partial charge in [0, 0.05) is 36.4 Å². The van der Waals surface area contributed by atoms with Crippen molar-refractivity contribution in [2.24, 2.45) is 5.92 Å². The molecular weight excluding hydrogens is 316 g/mol. The smallest absolute Gasteiger partial charge is 0.0476 e. The van der Waals surface area contributed by atoms with Crippen molar-refractivity contribution in [3.05, 3.63) is 28.2 Å². The fraction of sp³-hybridized carbons (Fsp3) is 0.625. The lowest BCUT2D eigenvalue weighted by atomic mass is 9.97. The van der Waals surface area contributed by atoms with Crippen molar-refractivity contribution in [2.75, 3.05) is 31.1 Å². The number of halogens is 1. The molecule has 0 aliphatic carbocycles. The average molecular weight is 341 g/mol. The van der Waals surface area contributed by atoms with E-state index in [9.17, 15) is 5.11 Å². The van der Waals surface area contributed by atoms with Gasteiger partial charge < -0.3 is 15.3 Å². The largest absolute Gasteiger partial charge is 0.396 e. The SMILES string of the molecule is CCCNCc1cc(Br)ccc1N1CCCC(CO)C1. The molecule has 3 nitrogen and oxygen atoms in total. The predicted octanol–water partition coefficient (Wildman–Crippen LogP) is 3.16. The molecule has 0 spiro atoms. The van der Waals surface area contributed by atoms with E-state index in [-0.39, 0.29) is 0 Å². The van der Waals surface area contributed by atoms with Crippen molar-refractivity contribution in [1.29, 1.82) is 0 Å². The topological polar surface area (TPSA) is 35.5 Å². The molecule has 112 valence electrons. The number of rotatable bonds is 6. The first-order valence-electron chi connectivity index (χ1n) is 7.59. The van der Waals surface area contributed by atoms with Crippen molar-refractivity contribution in [2.45, 2.75) is 32.7 Å². The van der Waals surface area contributed by atoms with Gasteiger partial charge in [-0.1, -0.05) is 22.9 Å². The molecule has 2 N–H and O–H groups in total. The van der Waals surface area contributed by atoms with Gasteiger partial charge in [-0.2, -0.15) is 0 Å². The summed E-state index contributed by atoms with van der Waals surface area (Å²) in [5.74, 6) is 0.420. The third-order valence-electron chi connectivity index (χ3n) is 3.90. The van der Waals surface area contributed by atoms with Crippen LogP contribution in [-0.2, 0) is 6.54 Å². The van der Waals surface area contributed by atoms with E-state index in [1.54, 1.807) is 0 Å². The fourth-order valence-electron chi connectivity index (χ4n) is 2.84. The van der Waals surface area contributed by atoms with Crippen LogP contribution in [0.5, 0.6) is 0 Å². The molecule has 1 aromatic rings. The zero-order valence-electron chi connectivity index (χ0n) is 12.2. The molecule has 2 rings (SSSR count). The van der Waals surface area contributed by atoms with E-state index in [0.717, 1.165) is 43.5 Å². The van der Waals surface area contributed by atoms with Gasteiger partial charge in [0.1, 0.15) is 0 Å². The van der Waals surface area contributed by atoms with Crippen LogP contribution in [0.1, 0.15) is 31.7 Å². The van der Waals surface area contributed by atoms with E-state index in [2.05, 4.69) is 51.3 Å². The minimum Gasteiger partial charge on any atom is -0.396 e. The van der Waals surface area contributed by atoms with Crippen LogP contribution in [-0.4, -0.2) is 31.3 Å². The molecule has 4 heteroatoms. The van der Waals surface area contributed by atoms with Gasteiger partial charge in [-0.3, -0.25) is 0 Å². The molecule has 1 aliphatic rings. The molecule has 1 aromatic carbocycles. The highest BCUT2D eigenvalue weighted by molar-refractivity contribution is 9.10. The summed E-state index contributed by atoms with van der Waals surface area (Å²) < 4.78 is 1.13. The molecule has 1 unspecified atom stereocenters. The number of benzene rings is 1. The second-order valence-electron chi connectivity index (χ2n) is 5.59. The molecule has 1 fully saturated rings. The number of hydrogen-bond donors (Lipinski definition) is 2. The van der Waals surface area contributed by atoms with Gasteiger partial charge in [0.25, 0.3) is 0 Å². The van der Waals surface area contributed by atoms with Crippen LogP contribution in [0.2, 0.25) is 0 Å². The molecule has 1 heterocycles. The van der Waals surface area contributed by atoms with Crippen molar-refractivity contribution in [3.63, 3.8) is 0 Å². The molecule has 0 radical (unpaired) electrons. The Morgan fingerprint density at radius 2 is 2.30 bits per heavy atom. The lowest BCUT2D eigenvalue weighted by molar-refractivity contribution is 0.208. The van der Waals surface area contributed by atoms with Gasteiger partial charge >= 0.3 is 0 Å². The summed E-state index contributed by atoms with van der Waals surface area (Å²) >= 11 is 3.57. The van der Waals surface area contributed by atoms with Crippen LogP contribution < -0.4 is 10.2 Å². The first-order chi connectivity index (χ1) is 9.74. The Hall–Kier alpha value is -0.580. The quantitative estimate of drug-likeness (QED) is 0.781. The Morgan fingerprint density at radius 3 is 3.05 bits per heavy atom. The van der Waals surface area contributed by atoms with Gasteiger partial charge in [0.2, 0.25) is 0 Å². The minimum absolute atomic E-state index is 0.302. The normalized spacial score (nSPS) is 19.4. The van der Waals surface area contributed by atoms with Crippen LogP contribution in [0.3, 0.4) is 0 Å². The van der Waals surface area contributed by atoms with Gasteiger partial charge in [0.15, 0.2) is 0 Å². The number of hydrogen-bond acceptors (Lipinski definition) is 3. The first kappa shape index (κ1) is 15.8. The molecule has 1 saturated heterocycles. The van der Waals surface area contributed by atoms with E-state index in [4.69, 9.17) is 0 Å². The van der Waals surface area contributed by atoms with Crippen LogP contribution in [0.4, 0.5) is 5.69 Å². The molecule has 1 aliphatic heterocycles. The predicted molar refractivity (Wildman–Crippen MR) is 88.2 cm³/mol. The first-order valence-corrected chi connectivity index (χ1v) is 8.38. The Kier molecular flexibility index (Phi) is 6.33. The van der Waals surface area contributed by atoms with Gasteiger partial charge in [-0.25, -0.2) is 0 Å². The Morgan fingerprint density at radius 1 is 1.45 bits per heavy atom. The van der Waals surface area contributed by atoms with E-state index >= 15 is 0 Å². The Labute approximate surface area is 130 Å². The van der Waals surface area contributed by atoms with E-state index in [1.807, 2.05) is 0 Å². The maximum Gasteiger partial charge on any atom is 0.0476 e. The monoisotopic (exact) mass is 340 g/mol. The second-order valence-corrected chi connectivity index (χ2v) is 6.50. The molecular formula is C16H25BrN2O. The lowest BCUT2D eigenvalue weighted by Gasteiger charge is -2.35. The van der Waals surface area contributed by atoms with Gasteiger partial charge in [0.05, 0.1) is 0 Å². The molecule has 0 aromatic heterocycles. The summed E-state index contributed by atoms with van der Waals surface area (Å²) in [5.41, 5.74) is 2.65. The number of aliphatic hydroxyl groups excluding tert-OH is 1. The number of nitrogens with one attached hydrogen (secondary N) is 1. The van der Waals surface area contributed by atoms with E-state index in [1.165, 1.54) is 17.7 Å². The molecule has 1 atom stereocenters. The van der Waals surface area contributed by atoms with Crippen LogP contribution >= 0.6 is 15.9 Å².